The Hall–Kier alpha value is -3.08. The van der Waals surface area contributed by atoms with Gasteiger partial charge >= 0.3 is 0 Å². The normalized spacial score (nSPS) is 21.7. The Bertz CT molecular complexity index is 1320. The third-order valence-corrected chi connectivity index (χ3v) is 7.37. The molecule has 0 bridgehead atoms. The molecule has 0 saturated carbocycles. The van der Waals surface area contributed by atoms with Crippen LogP contribution in [0.3, 0.4) is 0 Å². The summed E-state index contributed by atoms with van der Waals surface area (Å²) in [5.41, 5.74) is -0.207. The molecule has 34 heavy (non-hydrogen) atoms. The Morgan fingerprint density at radius 2 is 1.82 bits per heavy atom. The van der Waals surface area contributed by atoms with Crippen molar-refractivity contribution >= 4 is 33.2 Å². The number of carbonyl (C=O) groups excluding carboxylic acids is 2. The Morgan fingerprint density at radius 1 is 1.18 bits per heavy atom. The van der Waals surface area contributed by atoms with Gasteiger partial charge < -0.3 is 19.5 Å². The van der Waals surface area contributed by atoms with E-state index in [9.17, 15) is 18.0 Å². The molecule has 3 N–H and O–H groups in total. The van der Waals surface area contributed by atoms with Gasteiger partial charge in [-0.2, -0.15) is 0 Å². The maximum Gasteiger partial charge on any atom is 0.238 e. The number of Topliss-reactive ketones (excluding diaryl/α,β-unsaturated/α-hetero) is 1. The fourth-order valence-electron chi connectivity index (χ4n) is 4.26. The van der Waals surface area contributed by atoms with E-state index < -0.39 is 33.1 Å². The zero-order valence-corrected chi connectivity index (χ0v) is 20.2. The Morgan fingerprint density at radius 3 is 2.38 bits per heavy atom. The molecule has 0 aromatic heterocycles. The fourth-order valence-corrected chi connectivity index (χ4v) is 5.04. The first-order valence-corrected chi connectivity index (χ1v) is 12.2. The van der Waals surface area contributed by atoms with E-state index in [2.05, 4.69) is 5.32 Å². The summed E-state index contributed by atoms with van der Waals surface area (Å²) in [5.74, 6) is -0.961. The van der Waals surface area contributed by atoms with Gasteiger partial charge in [-0.15, -0.1) is 0 Å². The van der Waals surface area contributed by atoms with Gasteiger partial charge in [-0.1, -0.05) is 30.7 Å². The predicted octanol–water partition coefficient (Wildman–Crippen LogP) is 2.60. The molecular formula is C23H23ClN2O7S. The number of fused-ring (bicyclic) bond motifs is 1. The zero-order valence-electron chi connectivity index (χ0n) is 18.7. The van der Waals surface area contributed by atoms with Gasteiger partial charge in [0.1, 0.15) is 22.1 Å². The van der Waals surface area contributed by atoms with E-state index in [0.717, 1.165) is 5.56 Å². The Labute approximate surface area is 201 Å². The summed E-state index contributed by atoms with van der Waals surface area (Å²) in [6, 6.07) is 7.58. The van der Waals surface area contributed by atoms with Gasteiger partial charge in [0.2, 0.25) is 27.2 Å². The number of ketones is 2. The van der Waals surface area contributed by atoms with Crippen LogP contribution in [0, 0.1) is 5.92 Å². The minimum Gasteiger partial charge on any atom is -0.496 e. The molecule has 1 aliphatic carbocycles. The first-order chi connectivity index (χ1) is 16.0. The number of allylic oxidation sites excluding steroid dienone is 1. The van der Waals surface area contributed by atoms with Gasteiger partial charge in [0.25, 0.3) is 0 Å². The van der Waals surface area contributed by atoms with Crippen LogP contribution < -0.4 is 24.7 Å². The molecule has 11 heteroatoms. The van der Waals surface area contributed by atoms with Crippen molar-refractivity contribution in [3.8, 4) is 17.2 Å². The molecular weight excluding hydrogens is 484 g/mol. The zero-order chi connectivity index (χ0) is 24.8. The van der Waals surface area contributed by atoms with Gasteiger partial charge in [0.15, 0.2) is 5.75 Å². The van der Waals surface area contributed by atoms with Crippen molar-refractivity contribution in [3.05, 3.63) is 58.3 Å². The highest BCUT2D eigenvalue weighted by atomic mass is 35.5. The number of nitrogens with one attached hydrogen (secondary N) is 1. The molecule has 2 aromatic rings. The first kappa shape index (κ1) is 24.1. The molecule has 9 nitrogen and oxygen atoms in total. The lowest BCUT2D eigenvalue weighted by Crippen LogP contribution is -2.55. The van der Waals surface area contributed by atoms with E-state index in [4.69, 9.17) is 31.0 Å². The standard InChI is InChI=1S/C23H23ClN2O7S/c1-12-8-14(26-11-13-4-6-15(7-5-13)34(25,29)30)9-18(27)23(12)22(28)19-16(31-2)10-17(32-3)20(24)21(19)33-23/h4-7,9-10,12,26H,8,11H2,1-3H3,(H2,25,29,30)/t12-,23+/m1/s1. The monoisotopic (exact) mass is 506 g/mol. The largest absolute Gasteiger partial charge is 0.496 e. The fraction of sp³-hybridized carbons (Fsp3) is 0.304. The molecule has 0 unspecified atom stereocenters. The van der Waals surface area contributed by atoms with E-state index in [-0.39, 0.29) is 32.7 Å². The summed E-state index contributed by atoms with van der Waals surface area (Å²) in [7, 11) is -0.936. The lowest BCUT2D eigenvalue weighted by Gasteiger charge is -2.35. The molecule has 0 saturated heterocycles. The van der Waals surface area contributed by atoms with Crippen LogP contribution in [0.4, 0.5) is 0 Å². The molecule has 0 radical (unpaired) electrons. The van der Waals surface area contributed by atoms with Gasteiger partial charge in [0, 0.05) is 30.3 Å². The summed E-state index contributed by atoms with van der Waals surface area (Å²) in [5, 5.41) is 8.39. The van der Waals surface area contributed by atoms with Crippen molar-refractivity contribution in [3.63, 3.8) is 0 Å². The van der Waals surface area contributed by atoms with Crippen LogP contribution in [0.1, 0.15) is 29.3 Å². The number of halogens is 1. The molecule has 1 heterocycles. The second-order valence-corrected chi connectivity index (χ2v) is 10.1. The molecule has 1 aliphatic heterocycles. The minimum atomic E-state index is -3.77. The minimum absolute atomic E-state index is 0.0149. The Kier molecular flexibility index (Phi) is 6.09. The van der Waals surface area contributed by atoms with E-state index in [0.29, 0.717) is 18.7 Å². The average molecular weight is 507 g/mol. The van der Waals surface area contributed by atoms with Crippen LogP contribution in [0.25, 0.3) is 0 Å². The first-order valence-electron chi connectivity index (χ1n) is 10.3. The van der Waals surface area contributed by atoms with Crippen molar-refractivity contribution in [1.82, 2.24) is 5.32 Å². The maximum absolute atomic E-state index is 13.5. The number of methoxy groups -OCH3 is 2. The third kappa shape index (κ3) is 3.81. The number of benzene rings is 2. The molecule has 2 aliphatic rings. The number of primary sulfonamides is 1. The smallest absolute Gasteiger partial charge is 0.238 e. The van der Waals surface area contributed by atoms with Gasteiger partial charge in [-0.05, 0) is 24.1 Å². The van der Waals surface area contributed by atoms with Gasteiger partial charge in [-0.25, -0.2) is 13.6 Å². The van der Waals surface area contributed by atoms with Crippen molar-refractivity contribution < 1.29 is 32.2 Å². The maximum atomic E-state index is 13.5. The molecule has 180 valence electrons. The number of ether oxygens (including phenoxy) is 3. The summed E-state index contributed by atoms with van der Waals surface area (Å²) in [6.07, 6.45) is 1.72. The van der Waals surface area contributed by atoms with Crippen molar-refractivity contribution in [2.24, 2.45) is 11.1 Å². The quantitative estimate of drug-likeness (QED) is 0.571. The van der Waals surface area contributed by atoms with Crippen LogP contribution in [0.5, 0.6) is 17.2 Å². The summed E-state index contributed by atoms with van der Waals surface area (Å²) < 4.78 is 39.4. The number of hydrogen-bond donors (Lipinski definition) is 2. The van der Waals surface area contributed by atoms with Crippen LogP contribution in [-0.2, 0) is 21.4 Å². The second kappa shape index (κ2) is 8.61. The van der Waals surface area contributed by atoms with Gasteiger partial charge in [0.05, 0.1) is 19.1 Å². The van der Waals surface area contributed by atoms with Crippen LogP contribution in [0.15, 0.2) is 47.0 Å². The van der Waals surface area contributed by atoms with E-state index in [1.165, 1.54) is 38.5 Å². The van der Waals surface area contributed by atoms with Crippen molar-refractivity contribution in [1.29, 1.82) is 0 Å². The average Bonchev–Trinajstić information content (AvgIpc) is 3.11. The second-order valence-electron chi connectivity index (χ2n) is 8.15. The van der Waals surface area contributed by atoms with E-state index in [1.807, 2.05) is 0 Å². The summed E-state index contributed by atoms with van der Waals surface area (Å²) in [4.78, 5) is 26.8. The predicted molar refractivity (Wildman–Crippen MR) is 124 cm³/mol. The third-order valence-electron chi connectivity index (χ3n) is 6.08. The number of hydrogen-bond acceptors (Lipinski definition) is 8. The highest BCUT2D eigenvalue weighted by Gasteiger charge is 2.60. The molecule has 4 rings (SSSR count). The number of rotatable bonds is 6. The van der Waals surface area contributed by atoms with Crippen LogP contribution >= 0.6 is 11.6 Å². The SMILES string of the molecule is COc1cc(OC)c2c(c1Cl)O[C@@]1(C(=O)C=C(NCc3ccc(S(N)(=O)=O)cc3)C[C@H]1C)C2=O. The van der Waals surface area contributed by atoms with Gasteiger partial charge in [-0.3, -0.25) is 9.59 Å². The Balaban J connectivity index is 1.58. The molecule has 2 aromatic carbocycles. The van der Waals surface area contributed by atoms with E-state index >= 15 is 0 Å². The van der Waals surface area contributed by atoms with E-state index in [1.54, 1.807) is 19.1 Å². The molecule has 0 fully saturated rings. The van der Waals surface area contributed by atoms with Crippen LogP contribution in [-0.4, -0.2) is 39.8 Å². The van der Waals surface area contributed by atoms with Crippen molar-refractivity contribution in [2.45, 2.75) is 30.4 Å². The molecule has 1 spiro atoms. The topological polar surface area (TPSA) is 134 Å². The van der Waals surface area contributed by atoms with Crippen LogP contribution in [0.2, 0.25) is 5.02 Å². The lowest BCUT2D eigenvalue weighted by atomic mass is 9.74. The molecule has 2 atom stereocenters. The number of sulfonamides is 1. The summed E-state index contributed by atoms with van der Waals surface area (Å²) in [6.45, 7) is 2.10. The highest BCUT2D eigenvalue weighted by Crippen LogP contribution is 2.52. The number of nitrogens with two attached hydrogens (primary N) is 1. The summed E-state index contributed by atoms with van der Waals surface area (Å²) >= 11 is 6.39. The van der Waals surface area contributed by atoms with Crippen molar-refractivity contribution in [2.75, 3.05) is 14.2 Å². The number of carbonyl (C=O) groups is 2. The highest BCUT2D eigenvalue weighted by molar-refractivity contribution is 7.89. The molecule has 0 amide bonds. The lowest BCUT2D eigenvalue weighted by molar-refractivity contribution is -0.129.